The SMILES string of the molecule is COCCN1C(=O)N(Cc2cccc(OC)c2)C(=O)C12CCN(Cc1ccc3c4c(cccc14)CC3)CC2. The number of carbonyl (C=O) groups excluding carboxylic acids is 2. The number of urea groups is 1. The summed E-state index contributed by atoms with van der Waals surface area (Å²) >= 11 is 0. The van der Waals surface area contributed by atoms with Gasteiger partial charge in [-0.05, 0) is 70.8 Å². The molecule has 38 heavy (non-hydrogen) atoms. The maximum Gasteiger partial charge on any atom is 0.328 e. The van der Waals surface area contributed by atoms with Gasteiger partial charge in [0.2, 0.25) is 0 Å². The van der Waals surface area contributed by atoms with Crippen molar-refractivity contribution in [1.82, 2.24) is 14.7 Å². The van der Waals surface area contributed by atoms with E-state index in [1.165, 1.54) is 32.4 Å². The first-order chi connectivity index (χ1) is 18.5. The van der Waals surface area contributed by atoms with Gasteiger partial charge in [0.05, 0.1) is 20.3 Å². The zero-order chi connectivity index (χ0) is 26.3. The molecule has 0 saturated carbocycles. The van der Waals surface area contributed by atoms with Crippen LogP contribution in [0.25, 0.3) is 10.8 Å². The van der Waals surface area contributed by atoms with E-state index < -0.39 is 5.54 Å². The quantitative estimate of drug-likeness (QED) is 0.418. The second-order valence-corrected chi connectivity index (χ2v) is 10.7. The van der Waals surface area contributed by atoms with Gasteiger partial charge in [0, 0.05) is 33.3 Å². The van der Waals surface area contributed by atoms with Gasteiger partial charge in [-0.2, -0.15) is 0 Å². The number of likely N-dealkylation sites (tertiary alicyclic amines) is 1. The molecule has 2 saturated heterocycles. The molecule has 7 nitrogen and oxygen atoms in total. The van der Waals surface area contributed by atoms with Crippen molar-refractivity contribution < 1.29 is 19.1 Å². The van der Waals surface area contributed by atoms with Crippen LogP contribution in [0.1, 0.15) is 35.1 Å². The Kier molecular flexibility index (Phi) is 6.58. The van der Waals surface area contributed by atoms with Crippen molar-refractivity contribution in [1.29, 1.82) is 0 Å². The van der Waals surface area contributed by atoms with Crippen molar-refractivity contribution >= 4 is 22.7 Å². The summed E-state index contributed by atoms with van der Waals surface area (Å²) in [5.41, 5.74) is 4.31. The molecule has 3 amide bonds. The van der Waals surface area contributed by atoms with Crippen molar-refractivity contribution in [2.75, 3.05) is 40.5 Å². The van der Waals surface area contributed by atoms with Crippen LogP contribution in [0, 0.1) is 0 Å². The van der Waals surface area contributed by atoms with Crippen LogP contribution >= 0.6 is 0 Å². The van der Waals surface area contributed by atoms with Crippen molar-refractivity contribution in [3.63, 3.8) is 0 Å². The average molecular weight is 514 g/mol. The Morgan fingerprint density at radius 3 is 2.42 bits per heavy atom. The first-order valence-electron chi connectivity index (χ1n) is 13.5. The van der Waals surface area contributed by atoms with Crippen LogP contribution < -0.4 is 4.74 Å². The highest BCUT2D eigenvalue weighted by atomic mass is 16.5. The van der Waals surface area contributed by atoms with Gasteiger partial charge in [-0.25, -0.2) is 4.79 Å². The highest BCUT2D eigenvalue weighted by Gasteiger charge is 2.57. The normalized spacial score (nSPS) is 18.8. The minimum atomic E-state index is -0.813. The Morgan fingerprint density at radius 1 is 0.895 bits per heavy atom. The summed E-state index contributed by atoms with van der Waals surface area (Å²) in [6.45, 7) is 3.42. The van der Waals surface area contributed by atoms with Crippen LogP contribution in [0.15, 0.2) is 54.6 Å². The molecule has 198 valence electrons. The molecule has 0 aromatic heterocycles. The molecule has 3 aromatic carbocycles. The molecule has 3 aliphatic rings. The molecular weight excluding hydrogens is 478 g/mol. The Morgan fingerprint density at radius 2 is 1.66 bits per heavy atom. The van der Waals surface area contributed by atoms with E-state index >= 15 is 0 Å². The first-order valence-corrected chi connectivity index (χ1v) is 13.5. The summed E-state index contributed by atoms with van der Waals surface area (Å²) in [7, 11) is 3.24. The maximum absolute atomic E-state index is 13.9. The van der Waals surface area contributed by atoms with E-state index in [1.807, 2.05) is 24.3 Å². The Labute approximate surface area is 223 Å². The predicted molar refractivity (Wildman–Crippen MR) is 146 cm³/mol. The Hall–Kier alpha value is -3.42. The Balaban J connectivity index is 1.21. The monoisotopic (exact) mass is 513 g/mol. The van der Waals surface area contributed by atoms with Crippen LogP contribution in [-0.4, -0.2) is 72.6 Å². The fraction of sp³-hybridized carbons (Fsp3) is 0.419. The molecule has 7 heteroatoms. The number of methoxy groups -OCH3 is 2. The van der Waals surface area contributed by atoms with Gasteiger partial charge in [-0.1, -0.05) is 42.5 Å². The van der Waals surface area contributed by atoms with E-state index in [0.717, 1.165) is 38.0 Å². The summed E-state index contributed by atoms with van der Waals surface area (Å²) < 4.78 is 10.7. The lowest BCUT2D eigenvalue weighted by Gasteiger charge is -2.42. The van der Waals surface area contributed by atoms with Gasteiger partial charge in [0.1, 0.15) is 11.3 Å². The van der Waals surface area contributed by atoms with Gasteiger partial charge in [-0.3, -0.25) is 14.6 Å². The minimum Gasteiger partial charge on any atom is -0.497 e. The smallest absolute Gasteiger partial charge is 0.328 e. The number of carbonyl (C=O) groups is 2. The summed E-state index contributed by atoms with van der Waals surface area (Å²) in [5, 5.41) is 2.80. The van der Waals surface area contributed by atoms with Gasteiger partial charge in [-0.15, -0.1) is 0 Å². The number of rotatable bonds is 8. The number of hydrogen-bond acceptors (Lipinski definition) is 5. The molecule has 1 spiro atoms. The van der Waals surface area contributed by atoms with E-state index in [9.17, 15) is 9.59 Å². The summed E-state index contributed by atoms with van der Waals surface area (Å²) in [6.07, 6.45) is 3.50. The van der Waals surface area contributed by atoms with Crippen molar-refractivity contribution in [2.24, 2.45) is 0 Å². The van der Waals surface area contributed by atoms with Crippen LogP contribution in [-0.2, 0) is 35.5 Å². The zero-order valence-electron chi connectivity index (χ0n) is 22.2. The third-order valence-electron chi connectivity index (χ3n) is 8.66. The number of amides is 3. The molecule has 2 fully saturated rings. The van der Waals surface area contributed by atoms with E-state index in [4.69, 9.17) is 9.47 Å². The second-order valence-electron chi connectivity index (χ2n) is 10.7. The van der Waals surface area contributed by atoms with Crippen LogP contribution in [0.2, 0.25) is 0 Å². The van der Waals surface area contributed by atoms with Crippen LogP contribution in [0.3, 0.4) is 0 Å². The Bertz CT molecular complexity index is 1370. The third-order valence-corrected chi connectivity index (χ3v) is 8.66. The third kappa shape index (κ3) is 4.14. The second kappa shape index (κ2) is 10.0. The number of benzene rings is 3. The number of ether oxygens (including phenoxy) is 2. The lowest BCUT2D eigenvalue weighted by Crippen LogP contribution is -2.57. The molecule has 2 aliphatic heterocycles. The lowest BCUT2D eigenvalue weighted by atomic mass is 9.85. The molecule has 3 aromatic rings. The van der Waals surface area contributed by atoms with Crippen molar-refractivity contribution in [3.8, 4) is 5.75 Å². The first kappa shape index (κ1) is 24.9. The number of piperidine rings is 1. The van der Waals surface area contributed by atoms with Gasteiger partial charge >= 0.3 is 6.03 Å². The van der Waals surface area contributed by atoms with Crippen LogP contribution in [0.5, 0.6) is 5.75 Å². The molecule has 0 N–H and O–H groups in total. The number of nitrogens with zero attached hydrogens (tertiary/aromatic N) is 3. The average Bonchev–Trinajstić information content (AvgIpc) is 3.45. The predicted octanol–water partition coefficient (Wildman–Crippen LogP) is 4.39. The molecule has 2 heterocycles. The molecule has 0 radical (unpaired) electrons. The molecule has 6 rings (SSSR count). The fourth-order valence-electron chi connectivity index (χ4n) is 6.62. The van der Waals surface area contributed by atoms with E-state index in [1.54, 1.807) is 19.1 Å². The van der Waals surface area contributed by atoms with E-state index in [0.29, 0.717) is 31.7 Å². The van der Waals surface area contributed by atoms with Gasteiger partial charge in [0.25, 0.3) is 5.91 Å². The lowest BCUT2D eigenvalue weighted by molar-refractivity contribution is -0.136. The van der Waals surface area contributed by atoms with Crippen molar-refractivity contribution in [2.45, 2.75) is 44.3 Å². The standard InChI is InChI=1S/C31H35N3O4/c1-37-18-17-34-30(36)33(20-22-5-3-7-26(19-22)38-2)29(35)31(34)13-15-32(16-14-31)21-25-12-11-24-10-9-23-6-4-8-27(25)28(23)24/h3-8,11-12,19H,9-10,13-18,20-21H2,1-2H3. The summed E-state index contributed by atoms with van der Waals surface area (Å²) in [4.78, 5) is 33.1. The zero-order valence-corrected chi connectivity index (χ0v) is 22.2. The fourth-order valence-corrected chi connectivity index (χ4v) is 6.62. The molecular formula is C31H35N3O4. The number of aryl methyl sites for hydroxylation is 2. The molecule has 1 aliphatic carbocycles. The summed E-state index contributed by atoms with van der Waals surface area (Å²) in [5.74, 6) is 0.621. The minimum absolute atomic E-state index is 0.0913. The largest absolute Gasteiger partial charge is 0.497 e. The van der Waals surface area contributed by atoms with E-state index in [-0.39, 0.29) is 18.5 Å². The van der Waals surface area contributed by atoms with Gasteiger partial charge < -0.3 is 14.4 Å². The van der Waals surface area contributed by atoms with Gasteiger partial charge in [0.15, 0.2) is 0 Å². The highest BCUT2D eigenvalue weighted by Crippen LogP contribution is 2.39. The molecule has 0 atom stereocenters. The van der Waals surface area contributed by atoms with Crippen molar-refractivity contribution in [3.05, 3.63) is 76.9 Å². The number of hydrogen-bond donors (Lipinski definition) is 0. The topological polar surface area (TPSA) is 62.3 Å². The van der Waals surface area contributed by atoms with E-state index in [2.05, 4.69) is 35.2 Å². The highest BCUT2D eigenvalue weighted by molar-refractivity contribution is 6.07. The maximum atomic E-state index is 13.9. The number of imide groups is 1. The molecule has 0 unspecified atom stereocenters. The summed E-state index contributed by atoms with van der Waals surface area (Å²) in [6, 6.07) is 18.6. The van der Waals surface area contributed by atoms with Crippen LogP contribution in [0.4, 0.5) is 4.79 Å². The molecule has 0 bridgehead atoms.